The second-order valence-corrected chi connectivity index (χ2v) is 7.81. The molecular formula is C19H37IN4. The molecule has 5 heteroatoms. The number of aliphatic imine (C=N–C) groups is 1. The van der Waals surface area contributed by atoms with Crippen LogP contribution in [0.5, 0.6) is 0 Å². The van der Waals surface area contributed by atoms with Crippen molar-refractivity contribution in [1.29, 1.82) is 0 Å². The van der Waals surface area contributed by atoms with Gasteiger partial charge in [-0.15, -0.1) is 24.0 Å². The Morgan fingerprint density at radius 1 is 1.00 bits per heavy atom. The van der Waals surface area contributed by atoms with Gasteiger partial charge in [-0.3, -0.25) is 4.99 Å². The molecule has 0 spiro atoms. The summed E-state index contributed by atoms with van der Waals surface area (Å²) in [5.74, 6) is 3.80. The molecule has 1 saturated carbocycles. The maximum Gasteiger partial charge on any atom is 0.193 e. The zero-order valence-corrected chi connectivity index (χ0v) is 18.0. The van der Waals surface area contributed by atoms with Gasteiger partial charge in [-0.05, 0) is 63.5 Å². The maximum atomic E-state index is 5.05. The highest BCUT2D eigenvalue weighted by molar-refractivity contribution is 14.0. The Balaban J connectivity index is 0.00000208. The molecule has 0 bridgehead atoms. The van der Waals surface area contributed by atoms with Crippen LogP contribution in [0.4, 0.5) is 0 Å². The molecule has 140 valence electrons. The third kappa shape index (κ3) is 5.23. The van der Waals surface area contributed by atoms with Crippen LogP contribution in [-0.2, 0) is 0 Å². The normalized spacial score (nSPS) is 31.5. The highest BCUT2D eigenvalue weighted by Crippen LogP contribution is 2.36. The number of nitrogens with one attached hydrogen (secondary N) is 1. The summed E-state index contributed by atoms with van der Waals surface area (Å²) in [7, 11) is 0. The van der Waals surface area contributed by atoms with Gasteiger partial charge in [0.1, 0.15) is 0 Å². The van der Waals surface area contributed by atoms with E-state index in [4.69, 9.17) is 4.99 Å². The van der Waals surface area contributed by atoms with Crippen LogP contribution in [0.15, 0.2) is 4.99 Å². The maximum absolute atomic E-state index is 5.05. The topological polar surface area (TPSA) is 30.9 Å². The Kier molecular flexibility index (Phi) is 8.61. The van der Waals surface area contributed by atoms with Gasteiger partial charge >= 0.3 is 0 Å². The number of piperidine rings is 1. The van der Waals surface area contributed by atoms with Crippen LogP contribution in [0.25, 0.3) is 0 Å². The predicted octanol–water partition coefficient (Wildman–Crippen LogP) is 3.42. The molecule has 3 aliphatic rings. The van der Waals surface area contributed by atoms with E-state index in [1.165, 1.54) is 77.2 Å². The summed E-state index contributed by atoms with van der Waals surface area (Å²) < 4.78 is 0. The first-order valence-corrected chi connectivity index (χ1v) is 10.1. The van der Waals surface area contributed by atoms with E-state index in [0.29, 0.717) is 0 Å². The molecule has 1 N–H and O–H groups in total. The van der Waals surface area contributed by atoms with Crippen molar-refractivity contribution in [2.24, 2.45) is 22.7 Å². The van der Waals surface area contributed by atoms with Crippen LogP contribution in [0.3, 0.4) is 0 Å². The quantitative estimate of drug-likeness (QED) is 0.406. The molecule has 24 heavy (non-hydrogen) atoms. The fourth-order valence-electron chi connectivity index (χ4n) is 4.81. The van der Waals surface area contributed by atoms with Crippen LogP contribution in [0, 0.1) is 17.8 Å². The van der Waals surface area contributed by atoms with E-state index in [1.54, 1.807) is 0 Å². The fourth-order valence-corrected chi connectivity index (χ4v) is 4.81. The summed E-state index contributed by atoms with van der Waals surface area (Å²) in [6.07, 6.45) is 8.46. The summed E-state index contributed by atoms with van der Waals surface area (Å²) in [4.78, 5) is 10.2. The third-order valence-electron chi connectivity index (χ3n) is 6.16. The number of rotatable bonds is 4. The number of hydrogen-bond acceptors (Lipinski definition) is 2. The summed E-state index contributed by atoms with van der Waals surface area (Å²) in [5, 5.41) is 3.56. The monoisotopic (exact) mass is 448 g/mol. The molecule has 0 aromatic rings. The molecular weight excluding hydrogens is 411 g/mol. The molecule has 0 amide bonds. The van der Waals surface area contributed by atoms with E-state index in [1.807, 2.05) is 0 Å². The molecule has 2 heterocycles. The van der Waals surface area contributed by atoms with Crippen molar-refractivity contribution >= 4 is 29.9 Å². The second kappa shape index (κ2) is 10.2. The van der Waals surface area contributed by atoms with Crippen LogP contribution >= 0.6 is 24.0 Å². The molecule has 1 aliphatic carbocycles. The highest BCUT2D eigenvalue weighted by Gasteiger charge is 2.35. The van der Waals surface area contributed by atoms with Gasteiger partial charge in [0.15, 0.2) is 5.96 Å². The molecule has 3 fully saturated rings. The van der Waals surface area contributed by atoms with E-state index in [9.17, 15) is 0 Å². The van der Waals surface area contributed by atoms with Crippen molar-refractivity contribution in [3.05, 3.63) is 0 Å². The minimum atomic E-state index is 0. The molecule has 3 rings (SSSR count). The van der Waals surface area contributed by atoms with Gasteiger partial charge in [-0.25, -0.2) is 0 Å². The molecule has 2 saturated heterocycles. The Morgan fingerprint density at radius 3 is 2.33 bits per heavy atom. The van der Waals surface area contributed by atoms with Gasteiger partial charge in [0.2, 0.25) is 0 Å². The van der Waals surface area contributed by atoms with E-state index < -0.39 is 0 Å². The lowest BCUT2D eigenvalue weighted by Gasteiger charge is -2.31. The van der Waals surface area contributed by atoms with Crippen molar-refractivity contribution in [2.45, 2.75) is 52.4 Å². The van der Waals surface area contributed by atoms with E-state index >= 15 is 0 Å². The van der Waals surface area contributed by atoms with E-state index in [2.05, 4.69) is 29.0 Å². The van der Waals surface area contributed by atoms with Crippen LogP contribution < -0.4 is 5.32 Å². The van der Waals surface area contributed by atoms with Crippen molar-refractivity contribution in [2.75, 3.05) is 45.8 Å². The second-order valence-electron chi connectivity index (χ2n) is 7.81. The smallest absolute Gasteiger partial charge is 0.193 e. The number of hydrogen-bond donors (Lipinski definition) is 1. The largest absolute Gasteiger partial charge is 0.357 e. The average Bonchev–Trinajstić information content (AvgIpc) is 3.02. The number of likely N-dealkylation sites (tertiary alicyclic amines) is 2. The first kappa shape index (κ1) is 20.3. The van der Waals surface area contributed by atoms with Crippen molar-refractivity contribution < 1.29 is 0 Å². The van der Waals surface area contributed by atoms with Gasteiger partial charge in [0.25, 0.3) is 0 Å². The Bertz CT molecular complexity index is 387. The first-order chi connectivity index (χ1) is 11.3. The molecule has 0 aromatic heterocycles. The van der Waals surface area contributed by atoms with Gasteiger partial charge in [-0.1, -0.05) is 19.8 Å². The zero-order chi connectivity index (χ0) is 16.1. The Labute approximate surface area is 165 Å². The number of guanidine groups is 1. The van der Waals surface area contributed by atoms with E-state index in [-0.39, 0.29) is 24.0 Å². The molecule has 0 aromatic carbocycles. The molecule has 3 unspecified atom stereocenters. The van der Waals surface area contributed by atoms with Gasteiger partial charge in [-0.2, -0.15) is 0 Å². The first-order valence-electron chi connectivity index (χ1n) is 10.1. The van der Waals surface area contributed by atoms with Gasteiger partial charge in [0, 0.05) is 32.7 Å². The van der Waals surface area contributed by atoms with Gasteiger partial charge < -0.3 is 15.1 Å². The molecule has 4 nitrogen and oxygen atoms in total. The Hall–Kier alpha value is -0.0400. The molecule has 2 aliphatic heterocycles. The fraction of sp³-hybridized carbons (Fsp3) is 0.947. The van der Waals surface area contributed by atoms with Crippen molar-refractivity contribution in [3.8, 4) is 0 Å². The minimum Gasteiger partial charge on any atom is -0.357 e. The van der Waals surface area contributed by atoms with Crippen LogP contribution in [0.1, 0.15) is 52.4 Å². The van der Waals surface area contributed by atoms with Gasteiger partial charge in [0.05, 0.1) is 0 Å². The number of fused-ring (bicyclic) bond motifs is 1. The lowest BCUT2D eigenvalue weighted by molar-refractivity contribution is 0.186. The SMILES string of the molecule is CCNC(=NCC1CCCN(CC)C1)N1CC2CCCCC2C1.I. The minimum absolute atomic E-state index is 0. The van der Waals surface area contributed by atoms with E-state index in [0.717, 1.165) is 30.8 Å². The molecule has 0 radical (unpaired) electrons. The standard InChI is InChI=1S/C19H36N4.HI/c1-3-20-19(21-12-16-8-7-11-22(4-2)13-16)23-14-17-9-5-6-10-18(17)15-23;/h16-18H,3-15H2,1-2H3,(H,20,21);1H. The number of halogens is 1. The third-order valence-corrected chi connectivity index (χ3v) is 6.16. The predicted molar refractivity (Wildman–Crippen MR) is 113 cm³/mol. The van der Waals surface area contributed by atoms with Crippen molar-refractivity contribution in [3.63, 3.8) is 0 Å². The molecule has 3 atom stereocenters. The lowest BCUT2D eigenvalue weighted by Crippen LogP contribution is -2.41. The average molecular weight is 448 g/mol. The highest BCUT2D eigenvalue weighted by atomic mass is 127. The summed E-state index contributed by atoms with van der Waals surface area (Å²) in [6, 6.07) is 0. The Morgan fingerprint density at radius 2 is 1.71 bits per heavy atom. The number of nitrogens with zero attached hydrogens (tertiary/aromatic N) is 3. The van der Waals surface area contributed by atoms with Crippen LogP contribution in [0.2, 0.25) is 0 Å². The summed E-state index contributed by atoms with van der Waals surface area (Å²) in [5.41, 5.74) is 0. The van der Waals surface area contributed by atoms with Crippen LogP contribution in [-0.4, -0.2) is 61.6 Å². The van der Waals surface area contributed by atoms with Crippen molar-refractivity contribution in [1.82, 2.24) is 15.1 Å². The lowest BCUT2D eigenvalue weighted by atomic mass is 9.82. The zero-order valence-electron chi connectivity index (χ0n) is 15.7. The summed E-state index contributed by atoms with van der Waals surface area (Å²) in [6.45, 7) is 12.7. The summed E-state index contributed by atoms with van der Waals surface area (Å²) >= 11 is 0.